The molecule has 3 aromatic heterocycles. The van der Waals surface area contributed by atoms with Crippen LogP contribution in [0.15, 0.2) is 30.6 Å². The molecular weight excluding hydrogens is 518 g/mol. The Bertz CT molecular complexity index is 1490. The minimum atomic E-state index is -3.11. The maximum atomic E-state index is 12.3. The average Bonchev–Trinajstić information content (AvgIpc) is 2.88. The molecule has 0 fully saturated rings. The maximum Gasteiger partial charge on any atom is 0.340 e. The summed E-state index contributed by atoms with van der Waals surface area (Å²) in [5, 5.41) is 4.77. The molecule has 1 aliphatic heterocycles. The van der Waals surface area contributed by atoms with Gasteiger partial charge in [-0.1, -0.05) is 20.8 Å². The predicted molar refractivity (Wildman–Crippen MR) is 151 cm³/mol. The van der Waals surface area contributed by atoms with Crippen LogP contribution in [0.5, 0.6) is 5.88 Å². The lowest BCUT2D eigenvalue weighted by molar-refractivity contribution is 0.0235. The molecule has 1 unspecified atom stereocenters. The van der Waals surface area contributed by atoms with Crippen LogP contribution in [0.2, 0.25) is 0 Å². The molecule has 0 spiro atoms. The molecule has 0 saturated heterocycles. The van der Waals surface area contributed by atoms with Crippen molar-refractivity contribution in [1.82, 2.24) is 15.0 Å². The zero-order chi connectivity index (χ0) is 28.5. The molecule has 210 valence electrons. The highest BCUT2D eigenvalue weighted by Crippen LogP contribution is 2.35. The number of carbonyl (C=O) groups is 1. The number of ether oxygens (including phenoxy) is 2. The third-order valence-corrected chi connectivity index (χ3v) is 8.44. The first-order valence-corrected chi connectivity index (χ1v) is 15.3. The van der Waals surface area contributed by atoms with E-state index in [4.69, 9.17) is 20.2 Å². The smallest absolute Gasteiger partial charge is 0.340 e. The van der Waals surface area contributed by atoms with Gasteiger partial charge in [0.2, 0.25) is 5.88 Å². The first kappa shape index (κ1) is 28.7. The van der Waals surface area contributed by atoms with E-state index in [1.165, 1.54) is 6.26 Å². The number of sulfone groups is 1. The Morgan fingerprint density at radius 2 is 1.90 bits per heavy atom. The van der Waals surface area contributed by atoms with Crippen molar-refractivity contribution >= 4 is 38.2 Å². The number of hydrogen-bond donors (Lipinski definition) is 2. The molecule has 39 heavy (non-hydrogen) atoms. The average molecular weight is 556 g/mol. The zero-order valence-electron chi connectivity index (χ0n) is 23.3. The topological polar surface area (TPSA) is 146 Å². The molecule has 11 heteroatoms. The van der Waals surface area contributed by atoms with Crippen molar-refractivity contribution in [1.29, 1.82) is 0 Å². The Morgan fingerprint density at radius 1 is 1.15 bits per heavy atom. The van der Waals surface area contributed by atoms with E-state index in [9.17, 15) is 13.2 Å². The van der Waals surface area contributed by atoms with Crippen molar-refractivity contribution in [2.75, 3.05) is 17.3 Å². The second-order valence-corrected chi connectivity index (χ2v) is 12.8. The van der Waals surface area contributed by atoms with E-state index in [2.05, 4.69) is 15.3 Å². The summed E-state index contributed by atoms with van der Waals surface area (Å²) in [5.41, 5.74) is 7.99. The van der Waals surface area contributed by atoms with E-state index >= 15 is 0 Å². The fourth-order valence-corrected chi connectivity index (χ4v) is 5.21. The predicted octanol–water partition coefficient (Wildman–Crippen LogP) is 4.61. The lowest BCUT2D eigenvalue weighted by Crippen LogP contribution is -2.32. The van der Waals surface area contributed by atoms with Crippen LogP contribution in [0.4, 0.5) is 11.6 Å². The van der Waals surface area contributed by atoms with Gasteiger partial charge in [-0.25, -0.2) is 28.2 Å². The number of nitrogens with zero attached hydrogens (tertiary/aromatic N) is 3. The minimum absolute atomic E-state index is 0.0352. The SMILES string of the molecule is CC[C@@H](CCS(C)(=O)=O)Oc1ncc(C(C)(N)CC)c2cc(Nc3ccc4c(n3)[C@@H](C)[C@H](C)OC4=O)ncc12. The van der Waals surface area contributed by atoms with Crippen molar-refractivity contribution < 1.29 is 22.7 Å². The van der Waals surface area contributed by atoms with Crippen LogP contribution in [0.1, 0.15) is 81.4 Å². The van der Waals surface area contributed by atoms with Gasteiger partial charge in [0, 0.05) is 30.1 Å². The number of rotatable bonds is 10. The molecule has 0 saturated carbocycles. The number of cyclic esters (lactones) is 1. The fraction of sp³-hybridized carbons (Fsp3) is 0.500. The van der Waals surface area contributed by atoms with Crippen molar-refractivity contribution in [2.24, 2.45) is 5.73 Å². The van der Waals surface area contributed by atoms with E-state index in [0.717, 1.165) is 10.9 Å². The van der Waals surface area contributed by atoms with E-state index in [1.807, 2.05) is 40.7 Å². The van der Waals surface area contributed by atoms with Crippen molar-refractivity contribution in [3.63, 3.8) is 0 Å². The van der Waals surface area contributed by atoms with Gasteiger partial charge in [0.05, 0.1) is 22.4 Å². The number of nitrogens with two attached hydrogens (primary N) is 1. The lowest BCUT2D eigenvalue weighted by Gasteiger charge is -2.27. The number of pyridine rings is 3. The summed E-state index contributed by atoms with van der Waals surface area (Å²) in [6.07, 6.45) is 5.72. The number of anilines is 2. The van der Waals surface area contributed by atoms with Gasteiger partial charge in [0.15, 0.2) is 0 Å². The van der Waals surface area contributed by atoms with Crippen molar-refractivity contribution in [3.05, 3.63) is 47.4 Å². The quantitative estimate of drug-likeness (QED) is 0.340. The number of aromatic nitrogens is 3. The Hall–Kier alpha value is -3.31. The zero-order valence-corrected chi connectivity index (χ0v) is 24.1. The number of carbonyl (C=O) groups excluding carboxylic acids is 1. The van der Waals surface area contributed by atoms with Crippen molar-refractivity contribution in [2.45, 2.75) is 77.5 Å². The molecule has 4 heterocycles. The minimum Gasteiger partial charge on any atom is -0.474 e. The highest BCUT2D eigenvalue weighted by molar-refractivity contribution is 7.90. The van der Waals surface area contributed by atoms with E-state index in [0.29, 0.717) is 53.4 Å². The summed E-state index contributed by atoms with van der Waals surface area (Å²) in [4.78, 5) is 26.1. The molecule has 4 atom stereocenters. The van der Waals surface area contributed by atoms with Gasteiger partial charge in [-0.2, -0.15) is 0 Å². The molecule has 0 bridgehead atoms. The Morgan fingerprint density at radius 3 is 2.56 bits per heavy atom. The third-order valence-electron chi connectivity index (χ3n) is 7.46. The highest BCUT2D eigenvalue weighted by atomic mass is 32.2. The van der Waals surface area contributed by atoms with Gasteiger partial charge in [-0.15, -0.1) is 0 Å². The molecule has 4 rings (SSSR count). The number of hydrogen-bond acceptors (Lipinski definition) is 10. The summed E-state index contributed by atoms with van der Waals surface area (Å²) < 4.78 is 35.0. The molecule has 10 nitrogen and oxygen atoms in total. The molecular formula is C28H37N5O5S. The van der Waals surface area contributed by atoms with Crippen LogP contribution in [0, 0.1) is 0 Å². The van der Waals surface area contributed by atoms with E-state index in [-0.39, 0.29) is 29.8 Å². The number of nitrogens with one attached hydrogen (secondary N) is 1. The summed E-state index contributed by atoms with van der Waals surface area (Å²) in [7, 11) is -3.11. The third kappa shape index (κ3) is 6.30. The second-order valence-electron chi connectivity index (χ2n) is 10.6. The summed E-state index contributed by atoms with van der Waals surface area (Å²) in [6.45, 7) is 9.75. The van der Waals surface area contributed by atoms with Gasteiger partial charge in [0.1, 0.15) is 33.7 Å². The summed E-state index contributed by atoms with van der Waals surface area (Å²) in [6, 6.07) is 5.33. The van der Waals surface area contributed by atoms with Crippen LogP contribution in [-0.4, -0.2) is 53.6 Å². The fourth-order valence-electron chi connectivity index (χ4n) is 4.52. The highest BCUT2D eigenvalue weighted by Gasteiger charge is 2.31. The number of esters is 1. The monoisotopic (exact) mass is 555 g/mol. The van der Waals surface area contributed by atoms with Gasteiger partial charge < -0.3 is 20.5 Å². The maximum absolute atomic E-state index is 12.3. The number of fused-ring (bicyclic) bond motifs is 2. The summed E-state index contributed by atoms with van der Waals surface area (Å²) >= 11 is 0. The molecule has 3 N–H and O–H groups in total. The molecule has 0 aromatic carbocycles. The first-order valence-electron chi connectivity index (χ1n) is 13.2. The molecule has 3 aromatic rings. The Balaban J connectivity index is 1.71. The molecule has 1 aliphatic rings. The molecule has 0 amide bonds. The van der Waals surface area contributed by atoms with E-state index in [1.54, 1.807) is 24.5 Å². The lowest BCUT2D eigenvalue weighted by atomic mass is 9.88. The van der Waals surface area contributed by atoms with Crippen LogP contribution in [0.3, 0.4) is 0 Å². The van der Waals surface area contributed by atoms with Gasteiger partial charge in [-0.05, 0) is 62.3 Å². The van der Waals surface area contributed by atoms with Gasteiger partial charge in [0.25, 0.3) is 0 Å². The van der Waals surface area contributed by atoms with Crippen LogP contribution in [-0.2, 0) is 20.1 Å². The van der Waals surface area contributed by atoms with E-state index < -0.39 is 15.4 Å². The Labute approximate surface area is 229 Å². The van der Waals surface area contributed by atoms with Crippen LogP contribution >= 0.6 is 0 Å². The first-order chi connectivity index (χ1) is 18.3. The van der Waals surface area contributed by atoms with Gasteiger partial charge in [-0.3, -0.25) is 0 Å². The Kier molecular flexibility index (Phi) is 8.13. The van der Waals surface area contributed by atoms with Crippen LogP contribution < -0.4 is 15.8 Å². The largest absolute Gasteiger partial charge is 0.474 e. The van der Waals surface area contributed by atoms with Crippen LogP contribution in [0.25, 0.3) is 10.8 Å². The summed E-state index contributed by atoms with van der Waals surface area (Å²) in [5.74, 6) is 1.11. The van der Waals surface area contributed by atoms with Gasteiger partial charge >= 0.3 is 5.97 Å². The molecule has 0 aliphatic carbocycles. The normalized spacial score (nSPS) is 19.6. The standard InChI is InChI=1S/C28H37N5O5S/c1-7-18(11-12-39(6,35)36)38-26-21-14-30-24(13-20(21)22(15-31-26)28(5,29)8-2)32-23-10-9-19-25(33-23)16(3)17(4)37-27(19)34/h9-10,13-18H,7-8,11-12,29H2,1-6H3,(H,30,32,33)/t16-,17-,18-,28?/m0/s1. The second kappa shape index (κ2) is 11.1. The van der Waals surface area contributed by atoms with Crippen molar-refractivity contribution in [3.8, 4) is 5.88 Å². The molecule has 0 radical (unpaired) electrons.